The maximum atomic E-state index is 12.6. The fraction of sp³-hybridized carbons (Fsp3) is 0.480. The van der Waals surface area contributed by atoms with Crippen LogP contribution in [0.2, 0.25) is 0 Å². The quantitative estimate of drug-likeness (QED) is 0.439. The van der Waals surface area contributed by atoms with Gasteiger partial charge in [0.25, 0.3) is 11.5 Å². The van der Waals surface area contributed by atoms with Crippen molar-refractivity contribution in [3.8, 4) is 11.1 Å². The topological polar surface area (TPSA) is 141 Å². The first-order chi connectivity index (χ1) is 15.7. The molecule has 1 aliphatic rings. The second kappa shape index (κ2) is 7.95. The van der Waals surface area contributed by atoms with Crippen molar-refractivity contribution in [3.63, 3.8) is 0 Å². The van der Waals surface area contributed by atoms with Crippen LogP contribution in [0.3, 0.4) is 0 Å². The van der Waals surface area contributed by atoms with E-state index in [2.05, 4.69) is 31.2 Å². The lowest BCUT2D eigenvalue weighted by atomic mass is 9.75. The van der Waals surface area contributed by atoms with Crippen LogP contribution in [0.4, 0.5) is 5.69 Å². The highest BCUT2D eigenvalue weighted by Gasteiger charge is 2.49. The van der Waals surface area contributed by atoms with E-state index >= 15 is 0 Å². The highest BCUT2D eigenvalue weighted by molar-refractivity contribution is 6.02. The van der Waals surface area contributed by atoms with E-state index in [1.165, 1.54) is 16.8 Å². The molecule has 2 atom stereocenters. The summed E-state index contributed by atoms with van der Waals surface area (Å²) in [7, 11) is 0. The van der Waals surface area contributed by atoms with Gasteiger partial charge in [-0.2, -0.15) is 5.10 Å². The Kier molecular flexibility index (Phi) is 5.61. The van der Waals surface area contributed by atoms with E-state index in [4.69, 9.17) is 11.5 Å². The number of primary amides is 1. The molecule has 1 aliphatic carbocycles. The van der Waals surface area contributed by atoms with Gasteiger partial charge < -0.3 is 26.5 Å². The number of hydrogen-bond donors (Lipinski definition) is 4. The number of aliphatic hydroxyl groups is 1. The molecular weight excluding hydrogens is 432 g/mol. The normalized spacial score (nSPS) is 22.3. The third-order valence-corrected chi connectivity index (χ3v) is 7.40. The molecule has 0 saturated heterocycles. The van der Waals surface area contributed by atoms with Crippen LogP contribution >= 0.6 is 0 Å². The smallest absolute Gasteiger partial charge is 0.252 e. The Balaban J connectivity index is 1.77. The number of hydrogen-bond acceptors (Lipinski definition) is 6. The van der Waals surface area contributed by atoms with Crippen LogP contribution in [-0.4, -0.2) is 42.4 Å². The average Bonchev–Trinajstić information content (AvgIpc) is 3.23. The highest BCUT2D eigenvalue weighted by atomic mass is 16.3. The van der Waals surface area contributed by atoms with E-state index in [1.54, 1.807) is 24.6 Å². The zero-order valence-electron chi connectivity index (χ0n) is 20.4. The van der Waals surface area contributed by atoms with Crippen LogP contribution in [0.1, 0.15) is 57.8 Å². The van der Waals surface area contributed by atoms with Gasteiger partial charge in [0.1, 0.15) is 0 Å². The first kappa shape index (κ1) is 24.0. The lowest BCUT2D eigenvalue weighted by molar-refractivity contribution is 0.0604. The van der Waals surface area contributed by atoms with Gasteiger partial charge in [-0.15, -0.1) is 0 Å². The molecule has 1 saturated carbocycles. The molecule has 0 spiro atoms. The molecule has 1 amide bonds. The maximum absolute atomic E-state index is 12.6. The lowest BCUT2D eigenvalue weighted by Gasteiger charge is -2.39. The van der Waals surface area contributed by atoms with Crippen molar-refractivity contribution in [3.05, 3.63) is 52.7 Å². The Morgan fingerprint density at radius 2 is 2.00 bits per heavy atom. The number of amides is 1. The second-order valence-electron chi connectivity index (χ2n) is 10.9. The molecule has 9 nitrogen and oxygen atoms in total. The zero-order chi connectivity index (χ0) is 25.1. The van der Waals surface area contributed by atoms with Crippen LogP contribution in [-0.2, 0) is 6.54 Å². The van der Waals surface area contributed by atoms with Crippen molar-refractivity contribution >= 4 is 17.1 Å². The Labute approximate surface area is 198 Å². The molecule has 182 valence electrons. The summed E-state index contributed by atoms with van der Waals surface area (Å²) >= 11 is 0. The number of nitrogens with zero attached hydrogens (tertiary/aromatic N) is 3. The van der Waals surface area contributed by atoms with Crippen molar-refractivity contribution in [2.45, 2.75) is 71.2 Å². The SMILES string of the molecule is CC(C)(O)Cn1ccc(-c2cc3c(N[C@@H]4CC[C@](C)(N)C4(C)C)c(C(N)=O)cnn3c2)cc1=O. The van der Waals surface area contributed by atoms with Crippen molar-refractivity contribution in [1.29, 1.82) is 0 Å². The number of nitrogens with two attached hydrogens (primary N) is 2. The number of aromatic nitrogens is 3. The molecule has 0 aliphatic heterocycles. The third-order valence-electron chi connectivity index (χ3n) is 7.40. The summed E-state index contributed by atoms with van der Waals surface area (Å²) in [6.45, 7) is 9.82. The summed E-state index contributed by atoms with van der Waals surface area (Å²) in [6.07, 6.45) is 6.67. The molecule has 0 radical (unpaired) electrons. The van der Waals surface area contributed by atoms with Crippen LogP contribution in [0, 0.1) is 5.41 Å². The Morgan fingerprint density at radius 3 is 2.56 bits per heavy atom. The number of pyridine rings is 1. The van der Waals surface area contributed by atoms with Gasteiger partial charge in [0.2, 0.25) is 0 Å². The minimum atomic E-state index is -1.00. The van der Waals surface area contributed by atoms with E-state index in [1.807, 2.05) is 18.3 Å². The number of rotatable bonds is 6. The third kappa shape index (κ3) is 4.21. The monoisotopic (exact) mass is 466 g/mol. The van der Waals surface area contributed by atoms with Crippen LogP contribution in [0.15, 0.2) is 41.6 Å². The molecule has 6 N–H and O–H groups in total. The van der Waals surface area contributed by atoms with E-state index in [9.17, 15) is 14.7 Å². The van der Waals surface area contributed by atoms with Crippen molar-refractivity contribution < 1.29 is 9.90 Å². The summed E-state index contributed by atoms with van der Waals surface area (Å²) in [6, 6.07) is 5.28. The van der Waals surface area contributed by atoms with Gasteiger partial charge in [-0.3, -0.25) is 9.59 Å². The Hall–Kier alpha value is -3.17. The first-order valence-corrected chi connectivity index (χ1v) is 11.5. The zero-order valence-corrected chi connectivity index (χ0v) is 20.4. The summed E-state index contributed by atoms with van der Waals surface area (Å²) in [5.74, 6) is -0.569. The molecule has 4 rings (SSSR count). The summed E-state index contributed by atoms with van der Waals surface area (Å²) in [5.41, 5.74) is 13.6. The number of carbonyl (C=O) groups excluding carboxylic acids is 1. The predicted octanol–water partition coefficient (Wildman–Crippen LogP) is 2.35. The lowest BCUT2D eigenvalue weighted by Crippen LogP contribution is -2.51. The van der Waals surface area contributed by atoms with E-state index in [0.717, 1.165) is 18.4 Å². The van der Waals surface area contributed by atoms with Gasteiger partial charge in [0.15, 0.2) is 0 Å². The molecule has 0 unspecified atom stereocenters. The number of fused-ring (bicyclic) bond motifs is 1. The number of nitrogens with one attached hydrogen (secondary N) is 1. The Morgan fingerprint density at radius 1 is 1.29 bits per heavy atom. The summed E-state index contributed by atoms with van der Waals surface area (Å²) in [4.78, 5) is 24.9. The van der Waals surface area contributed by atoms with Gasteiger partial charge in [-0.25, -0.2) is 4.52 Å². The molecular formula is C25H34N6O3. The van der Waals surface area contributed by atoms with E-state index in [0.29, 0.717) is 22.3 Å². The largest absolute Gasteiger partial charge is 0.389 e. The second-order valence-corrected chi connectivity index (χ2v) is 10.9. The van der Waals surface area contributed by atoms with Gasteiger partial charge in [0.05, 0.1) is 35.1 Å². The van der Waals surface area contributed by atoms with Crippen molar-refractivity contribution in [1.82, 2.24) is 14.2 Å². The van der Waals surface area contributed by atoms with Gasteiger partial charge >= 0.3 is 0 Å². The summed E-state index contributed by atoms with van der Waals surface area (Å²) < 4.78 is 3.15. The molecule has 3 aromatic rings. The number of anilines is 1. The van der Waals surface area contributed by atoms with Crippen molar-refractivity contribution in [2.24, 2.45) is 16.9 Å². The minimum absolute atomic E-state index is 0.0379. The average molecular weight is 467 g/mol. The highest BCUT2D eigenvalue weighted by Crippen LogP contribution is 2.46. The molecule has 3 heterocycles. The predicted molar refractivity (Wildman–Crippen MR) is 133 cm³/mol. The van der Waals surface area contributed by atoms with Gasteiger partial charge in [0, 0.05) is 41.0 Å². The fourth-order valence-corrected chi connectivity index (χ4v) is 4.74. The van der Waals surface area contributed by atoms with Crippen LogP contribution in [0.25, 0.3) is 16.6 Å². The standard InChI is InChI=1S/C25H34N6O3/c1-23(2,34)14-30-9-7-15(11-20(30)32)16-10-18-21(17(22(26)33)12-28-31(18)13-16)29-19-6-8-25(5,27)24(19,3)4/h7,9-13,19,29,34H,6,8,14,27H2,1-5H3,(H2,26,33)/t19-,25+/m1/s1. The van der Waals surface area contributed by atoms with E-state index in [-0.39, 0.29) is 29.1 Å². The number of carbonyl (C=O) groups is 1. The van der Waals surface area contributed by atoms with Crippen molar-refractivity contribution in [2.75, 3.05) is 5.32 Å². The minimum Gasteiger partial charge on any atom is -0.389 e. The van der Waals surface area contributed by atoms with E-state index < -0.39 is 11.5 Å². The Bertz CT molecular complexity index is 1310. The fourth-order valence-electron chi connectivity index (χ4n) is 4.74. The van der Waals surface area contributed by atoms with Crippen LogP contribution < -0.4 is 22.3 Å². The molecule has 0 bridgehead atoms. The molecule has 3 aromatic heterocycles. The van der Waals surface area contributed by atoms with Gasteiger partial charge in [-0.1, -0.05) is 13.8 Å². The molecule has 1 fully saturated rings. The summed E-state index contributed by atoms with van der Waals surface area (Å²) in [5, 5.41) is 18.0. The molecule has 34 heavy (non-hydrogen) atoms. The maximum Gasteiger partial charge on any atom is 0.252 e. The first-order valence-electron chi connectivity index (χ1n) is 11.5. The van der Waals surface area contributed by atoms with Crippen LogP contribution in [0.5, 0.6) is 0 Å². The molecule has 0 aromatic carbocycles. The molecule has 9 heteroatoms. The van der Waals surface area contributed by atoms with Gasteiger partial charge in [-0.05, 0) is 51.3 Å².